The Kier molecular flexibility index (Phi) is 6.69. The van der Waals surface area contributed by atoms with Crippen molar-refractivity contribution in [2.45, 2.75) is 51.2 Å². The molecule has 1 aliphatic rings. The number of ether oxygens (including phenoxy) is 1. The van der Waals surface area contributed by atoms with E-state index in [4.69, 9.17) is 4.74 Å². The van der Waals surface area contributed by atoms with Crippen LogP contribution in [0.4, 0.5) is 0 Å². The molecule has 0 saturated heterocycles. The number of sulfonamides is 1. The van der Waals surface area contributed by atoms with E-state index in [0.29, 0.717) is 36.9 Å². The number of benzene rings is 2. The number of fused-ring (bicyclic) bond motifs is 1. The fraction of sp³-hybridized carbons (Fsp3) is 0.391. The molecule has 3 aromatic rings. The average Bonchev–Trinajstić information content (AvgIpc) is 3.14. The van der Waals surface area contributed by atoms with Crippen LogP contribution in [0.2, 0.25) is 0 Å². The highest BCUT2D eigenvalue weighted by Gasteiger charge is 2.38. The van der Waals surface area contributed by atoms with Crippen molar-refractivity contribution in [1.82, 2.24) is 19.3 Å². The smallest absolute Gasteiger partial charge is 0.247 e. The van der Waals surface area contributed by atoms with Crippen molar-refractivity contribution in [3.8, 4) is 5.75 Å². The van der Waals surface area contributed by atoms with Gasteiger partial charge in [-0.3, -0.25) is 0 Å². The minimum atomic E-state index is -3.77. The zero-order chi connectivity index (χ0) is 22.9. The van der Waals surface area contributed by atoms with Gasteiger partial charge in [-0.05, 0) is 43.0 Å². The summed E-state index contributed by atoms with van der Waals surface area (Å²) in [4.78, 5) is 0.180. The lowest BCUT2D eigenvalue weighted by Gasteiger charge is -2.28. The molecule has 32 heavy (non-hydrogen) atoms. The highest BCUT2D eigenvalue weighted by atomic mass is 79.9. The molecule has 7 nitrogen and oxygen atoms in total. The van der Waals surface area contributed by atoms with Crippen LogP contribution < -0.4 is 4.74 Å². The van der Waals surface area contributed by atoms with Crippen LogP contribution in [0.5, 0.6) is 5.75 Å². The Morgan fingerprint density at radius 1 is 1.16 bits per heavy atom. The quantitative estimate of drug-likeness (QED) is 0.483. The summed E-state index contributed by atoms with van der Waals surface area (Å²) < 4.78 is 37.3. The number of hydrogen-bond donors (Lipinski definition) is 0. The summed E-state index contributed by atoms with van der Waals surface area (Å²) >= 11 is 3.40. The summed E-state index contributed by atoms with van der Waals surface area (Å²) in [5, 5.41) is 8.48. The van der Waals surface area contributed by atoms with E-state index in [9.17, 15) is 8.42 Å². The molecular formula is C23H27BrN4O3S. The van der Waals surface area contributed by atoms with Gasteiger partial charge in [0, 0.05) is 4.47 Å². The van der Waals surface area contributed by atoms with E-state index in [1.807, 2.05) is 13.1 Å². The number of halogens is 1. The molecule has 0 spiro atoms. The van der Waals surface area contributed by atoms with Crippen molar-refractivity contribution in [2.75, 3.05) is 6.61 Å². The molecule has 0 radical (unpaired) electrons. The van der Waals surface area contributed by atoms with Crippen molar-refractivity contribution < 1.29 is 13.2 Å². The zero-order valence-corrected chi connectivity index (χ0v) is 20.8. The van der Waals surface area contributed by atoms with Gasteiger partial charge in [-0.25, -0.2) is 13.1 Å². The molecule has 0 bridgehead atoms. The van der Waals surface area contributed by atoms with Crippen LogP contribution >= 0.6 is 15.9 Å². The van der Waals surface area contributed by atoms with Crippen LogP contribution in [0.15, 0.2) is 58.0 Å². The highest BCUT2D eigenvalue weighted by molar-refractivity contribution is 9.10. The topological polar surface area (TPSA) is 77.3 Å². The fourth-order valence-electron chi connectivity index (χ4n) is 3.87. The van der Waals surface area contributed by atoms with Crippen molar-refractivity contribution in [3.05, 3.63) is 70.0 Å². The summed E-state index contributed by atoms with van der Waals surface area (Å²) in [5.74, 6) is 0.685. The Bertz CT molecular complexity index is 1190. The van der Waals surface area contributed by atoms with Crippen LogP contribution in [0.3, 0.4) is 0 Å². The predicted molar refractivity (Wildman–Crippen MR) is 126 cm³/mol. The Hall–Kier alpha value is -2.23. The predicted octanol–water partition coefficient (Wildman–Crippen LogP) is 4.40. The first kappa shape index (κ1) is 22.9. The molecule has 2 aromatic carbocycles. The Labute approximate surface area is 197 Å². The third-order valence-electron chi connectivity index (χ3n) is 5.44. The first-order chi connectivity index (χ1) is 15.2. The maximum absolute atomic E-state index is 13.6. The average molecular weight is 519 g/mol. The summed E-state index contributed by atoms with van der Waals surface area (Å²) in [7, 11) is -3.77. The molecule has 0 saturated carbocycles. The molecule has 2 heterocycles. The second-order valence-corrected chi connectivity index (χ2v) is 11.4. The fourth-order valence-corrected chi connectivity index (χ4v) is 5.92. The minimum absolute atomic E-state index is 0.145. The zero-order valence-electron chi connectivity index (χ0n) is 18.4. The summed E-state index contributed by atoms with van der Waals surface area (Å²) in [5.41, 5.74) is 2.92. The normalized spacial score (nSPS) is 18.2. The molecule has 1 atom stereocenters. The van der Waals surface area contributed by atoms with Gasteiger partial charge in [-0.1, -0.05) is 64.8 Å². The van der Waals surface area contributed by atoms with Crippen LogP contribution in [0.1, 0.15) is 37.1 Å². The summed E-state index contributed by atoms with van der Waals surface area (Å²) in [6, 6.07) is 13.0. The summed E-state index contributed by atoms with van der Waals surface area (Å²) in [6.45, 7) is 7.22. The number of hydrogen-bond acceptors (Lipinski definition) is 5. The van der Waals surface area contributed by atoms with E-state index in [2.05, 4.69) is 64.4 Å². The SMILES string of the molecule is Cc1ccc(Cn2cc(CN3[C@@H](CC(C)C)COc4cc(Br)ccc4S3(=O)=O)nn2)cc1. The Morgan fingerprint density at radius 3 is 2.62 bits per heavy atom. The second-order valence-electron chi connectivity index (χ2n) is 8.63. The van der Waals surface area contributed by atoms with Gasteiger partial charge in [-0.15, -0.1) is 5.10 Å². The number of aromatic nitrogens is 3. The molecule has 170 valence electrons. The molecule has 0 N–H and O–H groups in total. The van der Waals surface area contributed by atoms with E-state index < -0.39 is 10.0 Å². The second kappa shape index (κ2) is 9.33. The summed E-state index contributed by atoms with van der Waals surface area (Å²) in [6.07, 6.45) is 2.50. The van der Waals surface area contributed by atoms with Gasteiger partial charge in [-0.2, -0.15) is 4.31 Å². The van der Waals surface area contributed by atoms with E-state index >= 15 is 0 Å². The van der Waals surface area contributed by atoms with Crippen molar-refractivity contribution >= 4 is 26.0 Å². The van der Waals surface area contributed by atoms with Crippen molar-refractivity contribution in [1.29, 1.82) is 0 Å². The van der Waals surface area contributed by atoms with Crippen LogP contribution in [0.25, 0.3) is 0 Å². The molecule has 0 fully saturated rings. The minimum Gasteiger partial charge on any atom is -0.490 e. The number of aryl methyl sites for hydroxylation is 1. The van der Waals surface area contributed by atoms with E-state index in [1.54, 1.807) is 22.9 Å². The maximum atomic E-state index is 13.6. The van der Waals surface area contributed by atoms with Gasteiger partial charge >= 0.3 is 0 Å². The van der Waals surface area contributed by atoms with Gasteiger partial charge in [0.15, 0.2) is 0 Å². The molecule has 9 heteroatoms. The van der Waals surface area contributed by atoms with Crippen LogP contribution in [-0.2, 0) is 23.1 Å². The third-order valence-corrected chi connectivity index (χ3v) is 7.87. The number of rotatable bonds is 6. The Morgan fingerprint density at radius 2 is 1.91 bits per heavy atom. The largest absolute Gasteiger partial charge is 0.490 e. The van der Waals surface area contributed by atoms with E-state index in [1.165, 1.54) is 9.87 Å². The van der Waals surface area contributed by atoms with Gasteiger partial charge in [0.2, 0.25) is 10.0 Å². The highest BCUT2D eigenvalue weighted by Crippen LogP contribution is 2.35. The van der Waals surface area contributed by atoms with Gasteiger partial charge in [0.25, 0.3) is 0 Å². The molecular weight excluding hydrogens is 492 g/mol. The first-order valence-corrected chi connectivity index (χ1v) is 12.8. The molecule has 4 rings (SSSR count). The maximum Gasteiger partial charge on any atom is 0.247 e. The van der Waals surface area contributed by atoms with E-state index in [-0.39, 0.29) is 17.5 Å². The Balaban J connectivity index is 1.62. The van der Waals surface area contributed by atoms with Gasteiger partial charge < -0.3 is 4.74 Å². The third kappa shape index (κ3) is 5.05. The molecule has 1 aliphatic heterocycles. The van der Waals surface area contributed by atoms with Gasteiger partial charge in [0.05, 0.1) is 31.0 Å². The lowest BCUT2D eigenvalue weighted by molar-refractivity contribution is 0.186. The van der Waals surface area contributed by atoms with E-state index in [0.717, 1.165) is 10.0 Å². The lowest BCUT2D eigenvalue weighted by Crippen LogP contribution is -2.42. The van der Waals surface area contributed by atoms with Crippen LogP contribution in [0, 0.1) is 12.8 Å². The van der Waals surface area contributed by atoms with Crippen molar-refractivity contribution in [3.63, 3.8) is 0 Å². The van der Waals surface area contributed by atoms with Gasteiger partial charge in [0.1, 0.15) is 17.3 Å². The molecule has 1 aromatic heterocycles. The molecule has 0 unspecified atom stereocenters. The first-order valence-electron chi connectivity index (χ1n) is 10.6. The monoisotopic (exact) mass is 518 g/mol. The van der Waals surface area contributed by atoms with Crippen molar-refractivity contribution in [2.24, 2.45) is 5.92 Å². The molecule has 0 aliphatic carbocycles. The van der Waals surface area contributed by atoms with Crippen LogP contribution in [-0.4, -0.2) is 40.4 Å². The lowest BCUT2D eigenvalue weighted by atomic mass is 10.0. The molecule has 0 amide bonds. The number of nitrogens with zero attached hydrogens (tertiary/aromatic N) is 4. The standard InChI is InChI=1S/C23H27BrN4O3S/c1-16(2)10-21-15-31-22-11-19(24)8-9-23(22)32(29,30)28(21)14-20-13-27(26-25-20)12-18-6-4-17(3)5-7-18/h4-9,11,13,16,21H,10,12,14-15H2,1-3H3/t21-/m0/s1.